The number of H-pyrrole nitrogens is 1. The molecular weight excluding hydrogens is 416 g/mol. The number of benzene rings is 2. The van der Waals surface area contributed by atoms with E-state index in [1.165, 1.54) is 25.5 Å². The summed E-state index contributed by atoms with van der Waals surface area (Å²) in [4.78, 5) is 23.1. The highest BCUT2D eigenvalue weighted by atomic mass is 32.2. The molecule has 0 atom stereocenters. The van der Waals surface area contributed by atoms with E-state index in [2.05, 4.69) is 25.0 Å². The number of amides is 1. The van der Waals surface area contributed by atoms with Crippen molar-refractivity contribution in [1.82, 2.24) is 19.7 Å². The van der Waals surface area contributed by atoms with E-state index in [0.29, 0.717) is 17.2 Å². The quantitative estimate of drug-likeness (QED) is 0.350. The van der Waals surface area contributed by atoms with Crippen molar-refractivity contribution in [3.05, 3.63) is 66.6 Å². The Morgan fingerprint density at radius 1 is 1.13 bits per heavy atom. The Morgan fingerprint density at radius 3 is 2.61 bits per heavy atom. The minimum Gasteiger partial charge on any atom is -0.369 e. The van der Waals surface area contributed by atoms with Gasteiger partial charge in [-0.2, -0.15) is 0 Å². The van der Waals surface area contributed by atoms with Crippen molar-refractivity contribution in [3.8, 4) is 11.1 Å². The molecule has 9 nitrogen and oxygen atoms in total. The van der Waals surface area contributed by atoms with Crippen LogP contribution < -0.4 is 15.8 Å². The van der Waals surface area contributed by atoms with E-state index in [-0.39, 0.29) is 17.2 Å². The summed E-state index contributed by atoms with van der Waals surface area (Å²) < 4.78 is 26.5. The number of nitrogens with zero attached hydrogens (tertiary/aromatic N) is 2. The second-order valence-corrected chi connectivity index (χ2v) is 8.74. The summed E-state index contributed by atoms with van der Waals surface area (Å²) in [6.45, 7) is 0. The lowest BCUT2D eigenvalue weighted by Gasteiger charge is -2.10. The molecule has 0 bridgehead atoms. The molecule has 0 spiro atoms. The number of nitrogens with two attached hydrogens (primary N) is 1. The Balaban J connectivity index is 1.73. The lowest BCUT2D eigenvalue weighted by atomic mass is 10.0. The van der Waals surface area contributed by atoms with Crippen LogP contribution in [-0.4, -0.2) is 36.3 Å². The fourth-order valence-electron chi connectivity index (χ4n) is 3.28. The lowest BCUT2D eigenvalue weighted by Crippen LogP contribution is -2.18. The van der Waals surface area contributed by atoms with Crippen molar-refractivity contribution >= 4 is 38.5 Å². The number of hydrogen-bond donors (Lipinski definition) is 4. The molecule has 2 aromatic carbocycles. The number of carbonyl (C=O) groups excluding carboxylic acids is 1. The molecule has 158 valence electrons. The Hall–Kier alpha value is -3.76. The molecule has 10 heteroatoms. The molecule has 5 N–H and O–H groups in total. The van der Waals surface area contributed by atoms with Gasteiger partial charge >= 0.3 is 0 Å². The molecule has 31 heavy (non-hydrogen) atoms. The molecule has 0 saturated heterocycles. The minimum atomic E-state index is -3.57. The number of primary amides is 1. The van der Waals surface area contributed by atoms with Gasteiger partial charge in [-0.05, 0) is 36.4 Å². The van der Waals surface area contributed by atoms with Gasteiger partial charge in [0.25, 0.3) is 0 Å². The van der Waals surface area contributed by atoms with Gasteiger partial charge in [0.05, 0.1) is 16.7 Å². The number of anilines is 2. The van der Waals surface area contributed by atoms with Gasteiger partial charge in [-0.1, -0.05) is 30.3 Å². The average Bonchev–Trinajstić information content (AvgIpc) is 3.19. The van der Waals surface area contributed by atoms with Gasteiger partial charge in [-0.25, -0.2) is 23.1 Å². The van der Waals surface area contributed by atoms with Gasteiger partial charge in [0, 0.05) is 17.4 Å². The summed E-state index contributed by atoms with van der Waals surface area (Å²) in [6.07, 6.45) is 3.43. The van der Waals surface area contributed by atoms with Crippen LogP contribution in [0.4, 0.5) is 11.5 Å². The van der Waals surface area contributed by atoms with Crippen molar-refractivity contribution < 1.29 is 13.2 Å². The molecule has 0 unspecified atom stereocenters. The number of carbonyl (C=O) groups is 1. The van der Waals surface area contributed by atoms with Crippen molar-refractivity contribution in [2.24, 2.45) is 5.73 Å². The van der Waals surface area contributed by atoms with E-state index in [0.717, 1.165) is 22.1 Å². The monoisotopic (exact) mass is 436 g/mol. The van der Waals surface area contributed by atoms with Crippen LogP contribution in [0.5, 0.6) is 0 Å². The first-order chi connectivity index (χ1) is 14.9. The maximum atomic E-state index is 12.1. The highest BCUT2D eigenvalue weighted by Gasteiger charge is 2.15. The summed E-state index contributed by atoms with van der Waals surface area (Å²) in [6, 6.07) is 14.0. The van der Waals surface area contributed by atoms with Gasteiger partial charge in [0.15, 0.2) is 0 Å². The summed E-state index contributed by atoms with van der Waals surface area (Å²) in [5.41, 5.74) is 9.06. The zero-order valence-electron chi connectivity index (χ0n) is 16.6. The third kappa shape index (κ3) is 4.25. The number of aromatic amines is 1. The van der Waals surface area contributed by atoms with Crippen molar-refractivity contribution in [3.63, 3.8) is 0 Å². The van der Waals surface area contributed by atoms with Crippen LogP contribution in [0.1, 0.15) is 5.56 Å². The summed E-state index contributed by atoms with van der Waals surface area (Å²) in [5, 5.41) is 3.95. The minimum absolute atomic E-state index is 0.143. The van der Waals surface area contributed by atoms with E-state index in [1.54, 1.807) is 12.1 Å². The highest BCUT2D eigenvalue weighted by Crippen LogP contribution is 2.33. The second-order valence-electron chi connectivity index (χ2n) is 6.85. The zero-order chi connectivity index (χ0) is 22.0. The van der Waals surface area contributed by atoms with Crippen LogP contribution in [0.2, 0.25) is 0 Å². The molecule has 4 rings (SSSR count). The SMILES string of the molecule is CNS(=O)(=O)c1cccc(Nc2ncnc3[nH]cc(-c4ccc(CC(N)=O)cc4)c23)c1. The number of nitrogens with one attached hydrogen (secondary N) is 3. The van der Waals surface area contributed by atoms with Crippen LogP contribution in [0.25, 0.3) is 22.2 Å². The topological polar surface area (TPSA) is 143 Å². The largest absolute Gasteiger partial charge is 0.369 e. The third-order valence-electron chi connectivity index (χ3n) is 4.79. The molecular formula is C21H20N6O3S. The van der Waals surface area contributed by atoms with E-state index < -0.39 is 10.0 Å². The molecule has 0 aliphatic carbocycles. The van der Waals surface area contributed by atoms with Gasteiger partial charge in [0.2, 0.25) is 15.9 Å². The van der Waals surface area contributed by atoms with Gasteiger partial charge in [-0.15, -0.1) is 0 Å². The predicted molar refractivity (Wildman–Crippen MR) is 118 cm³/mol. The van der Waals surface area contributed by atoms with Gasteiger partial charge < -0.3 is 16.0 Å². The Bertz CT molecular complexity index is 1360. The Kier molecular flexibility index (Phi) is 5.40. The van der Waals surface area contributed by atoms with Gasteiger partial charge in [0.1, 0.15) is 17.8 Å². The van der Waals surface area contributed by atoms with E-state index in [1.807, 2.05) is 30.5 Å². The Morgan fingerprint density at radius 2 is 1.90 bits per heavy atom. The normalized spacial score (nSPS) is 11.5. The molecule has 2 heterocycles. The molecule has 4 aromatic rings. The van der Waals surface area contributed by atoms with Crippen molar-refractivity contribution in [1.29, 1.82) is 0 Å². The standard InChI is InChI=1S/C21H20N6O3S/c1-23-31(29,30)16-4-2-3-15(10-16)27-21-19-17(11-24-20(19)25-12-26-21)14-7-5-13(6-8-14)9-18(22)28/h2-8,10-12,23H,9H2,1H3,(H2,22,28)(H2,24,25,26,27). The van der Waals surface area contributed by atoms with E-state index in [4.69, 9.17) is 5.73 Å². The molecule has 0 aliphatic rings. The fourth-order valence-corrected chi connectivity index (χ4v) is 4.06. The molecule has 2 aromatic heterocycles. The smallest absolute Gasteiger partial charge is 0.240 e. The van der Waals surface area contributed by atoms with E-state index >= 15 is 0 Å². The maximum absolute atomic E-state index is 12.1. The molecule has 0 aliphatic heterocycles. The number of hydrogen-bond acceptors (Lipinski definition) is 6. The molecule has 0 saturated carbocycles. The predicted octanol–water partition coefficient (Wildman–Crippen LogP) is 2.30. The average molecular weight is 436 g/mol. The second kappa shape index (κ2) is 8.17. The van der Waals surface area contributed by atoms with Crippen LogP contribution in [0.15, 0.2) is 66.0 Å². The Labute approximate surface area is 178 Å². The van der Waals surface area contributed by atoms with Crippen LogP contribution in [0.3, 0.4) is 0 Å². The van der Waals surface area contributed by atoms with Crippen LogP contribution in [0, 0.1) is 0 Å². The lowest BCUT2D eigenvalue weighted by molar-refractivity contribution is -0.117. The number of aromatic nitrogens is 3. The molecule has 0 radical (unpaired) electrons. The van der Waals surface area contributed by atoms with Crippen molar-refractivity contribution in [2.75, 3.05) is 12.4 Å². The summed E-state index contributed by atoms with van der Waals surface area (Å²) in [7, 11) is -2.21. The van der Waals surface area contributed by atoms with Gasteiger partial charge in [-0.3, -0.25) is 4.79 Å². The first-order valence-corrected chi connectivity index (χ1v) is 10.9. The zero-order valence-corrected chi connectivity index (χ0v) is 17.4. The van der Waals surface area contributed by atoms with Crippen molar-refractivity contribution in [2.45, 2.75) is 11.3 Å². The van der Waals surface area contributed by atoms with E-state index in [9.17, 15) is 13.2 Å². The number of rotatable bonds is 7. The summed E-state index contributed by atoms with van der Waals surface area (Å²) in [5.74, 6) is 0.142. The molecule has 1 amide bonds. The first kappa shape index (κ1) is 20.5. The third-order valence-corrected chi connectivity index (χ3v) is 6.20. The first-order valence-electron chi connectivity index (χ1n) is 9.38. The summed E-state index contributed by atoms with van der Waals surface area (Å²) >= 11 is 0. The number of fused-ring (bicyclic) bond motifs is 1. The fraction of sp³-hybridized carbons (Fsp3) is 0.0952. The number of sulfonamides is 1. The molecule has 0 fully saturated rings. The highest BCUT2D eigenvalue weighted by molar-refractivity contribution is 7.89. The van der Waals surface area contributed by atoms with Crippen LogP contribution in [-0.2, 0) is 21.2 Å². The maximum Gasteiger partial charge on any atom is 0.240 e. The van der Waals surface area contributed by atoms with Crippen LogP contribution >= 0.6 is 0 Å².